The van der Waals surface area contributed by atoms with Gasteiger partial charge in [0.2, 0.25) is 5.91 Å². The molecule has 5 heteroatoms. The molecule has 0 aliphatic rings. The van der Waals surface area contributed by atoms with Crippen LogP contribution in [0, 0.1) is 5.92 Å². The zero-order chi connectivity index (χ0) is 21.5. The van der Waals surface area contributed by atoms with Crippen LogP contribution in [0.15, 0.2) is 79.0 Å². The number of halogens is 1. The van der Waals surface area contributed by atoms with Crippen molar-refractivity contribution in [1.29, 1.82) is 0 Å². The Bertz CT molecular complexity index is 1030. The number of benzene rings is 2. The lowest BCUT2D eigenvalue weighted by atomic mass is 9.87. The molecule has 1 amide bonds. The molecule has 4 nitrogen and oxygen atoms in total. The number of carbonyl (C=O) groups is 2. The lowest BCUT2D eigenvalue weighted by molar-refractivity contribution is -0.118. The number of aromatic nitrogens is 1. The third-order valence-corrected chi connectivity index (χ3v) is 4.96. The summed E-state index contributed by atoms with van der Waals surface area (Å²) in [6.45, 7) is 4.02. The standard InChI is InChI=1S/C25H23ClN2O2/c1-17(2)24(19-6-10-20(26)11-7-19)25(30)28-22-12-8-18(9-13-22)23(29)15-14-21-5-3-4-16-27-21/h3-17,24H,1-2H3,(H,28,30)/b15-14+/t24-/m1/s1. The maximum atomic E-state index is 12.9. The molecule has 0 radical (unpaired) electrons. The monoisotopic (exact) mass is 418 g/mol. The van der Waals surface area contributed by atoms with Crippen LogP contribution >= 0.6 is 11.6 Å². The Morgan fingerprint density at radius 1 is 0.967 bits per heavy atom. The Hall–Kier alpha value is -3.24. The summed E-state index contributed by atoms with van der Waals surface area (Å²) in [5.74, 6) is -0.408. The zero-order valence-electron chi connectivity index (χ0n) is 16.9. The van der Waals surface area contributed by atoms with E-state index in [0.29, 0.717) is 16.3 Å². The number of ketones is 1. The highest BCUT2D eigenvalue weighted by atomic mass is 35.5. The number of anilines is 1. The predicted octanol–water partition coefficient (Wildman–Crippen LogP) is 6.01. The number of rotatable bonds is 7. The van der Waals surface area contributed by atoms with Gasteiger partial charge in [-0.05, 0) is 72.2 Å². The minimum Gasteiger partial charge on any atom is -0.326 e. The molecule has 0 saturated heterocycles. The van der Waals surface area contributed by atoms with Gasteiger partial charge in [0.25, 0.3) is 0 Å². The van der Waals surface area contributed by atoms with E-state index >= 15 is 0 Å². The molecule has 0 bridgehead atoms. The Morgan fingerprint density at radius 2 is 1.67 bits per heavy atom. The Kier molecular flexibility index (Phi) is 7.15. The van der Waals surface area contributed by atoms with Gasteiger partial charge in [-0.1, -0.05) is 43.6 Å². The summed E-state index contributed by atoms with van der Waals surface area (Å²) in [6, 6.07) is 19.7. The van der Waals surface area contributed by atoms with Gasteiger partial charge < -0.3 is 5.32 Å². The predicted molar refractivity (Wildman–Crippen MR) is 122 cm³/mol. The molecule has 0 aliphatic heterocycles. The number of hydrogen-bond donors (Lipinski definition) is 1. The largest absolute Gasteiger partial charge is 0.326 e. The summed E-state index contributed by atoms with van der Waals surface area (Å²) in [7, 11) is 0. The van der Waals surface area contributed by atoms with Crippen molar-refractivity contribution in [2.24, 2.45) is 5.92 Å². The van der Waals surface area contributed by atoms with Crippen LogP contribution in [-0.4, -0.2) is 16.7 Å². The van der Waals surface area contributed by atoms with Gasteiger partial charge in [0, 0.05) is 22.5 Å². The Labute approximate surface area is 181 Å². The number of pyridine rings is 1. The van der Waals surface area contributed by atoms with Gasteiger partial charge >= 0.3 is 0 Å². The van der Waals surface area contributed by atoms with Crippen LogP contribution < -0.4 is 5.32 Å². The first-order chi connectivity index (χ1) is 14.4. The van der Waals surface area contributed by atoms with Crippen molar-refractivity contribution in [2.75, 3.05) is 5.32 Å². The SMILES string of the molecule is CC(C)[C@@H](C(=O)Nc1ccc(C(=O)/C=C/c2ccccn2)cc1)c1ccc(Cl)cc1. The quantitative estimate of drug-likeness (QED) is 0.377. The van der Waals surface area contributed by atoms with Crippen molar-refractivity contribution in [3.63, 3.8) is 0 Å². The second kappa shape index (κ2) is 9.99. The molecule has 30 heavy (non-hydrogen) atoms. The van der Waals surface area contributed by atoms with E-state index < -0.39 is 0 Å². The number of amides is 1. The second-order valence-electron chi connectivity index (χ2n) is 7.29. The van der Waals surface area contributed by atoms with Crippen molar-refractivity contribution < 1.29 is 9.59 Å². The molecule has 0 fully saturated rings. The van der Waals surface area contributed by atoms with Gasteiger partial charge in [-0.3, -0.25) is 14.6 Å². The van der Waals surface area contributed by atoms with E-state index in [2.05, 4.69) is 10.3 Å². The summed E-state index contributed by atoms with van der Waals surface area (Å²) in [5, 5.41) is 3.59. The van der Waals surface area contributed by atoms with Crippen LogP contribution in [0.1, 0.15) is 41.4 Å². The van der Waals surface area contributed by atoms with Gasteiger partial charge in [0.1, 0.15) is 0 Å². The van der Waals surface area contributed by atoms with E-state index in [1.807, 2.05) is 44.2 Å². The van der Waals surface area contributed by atoms with Crippen molar-refractivity contribution in [2.45, 2.75) is 19.8 Å². The molecule has 3 aromatic rings. The maximum absolute atomic E-state index is 12.9. The molecule has 1 N–H and O–H groups in total. The normalized spacial score (nSPS) is 12.1. The van der Waals surface area contributed by atoms with E-state index in [4.69, 9.17) is 11.6 Å². The first kappa shape index (κ1) is 21.5. The van der Waals surface area contributed by atoms with Crippen LogP contribution in [0.2, 0.25) is 5.02 Å². The van der Waals surface area contributed by atoms with E-state index in [1.165, 1.54) is 6.08 Å². The zero-order valence-corrected chi connectivity index (χ0v) is 17.6. The first-order valence-corrected chi connectivity index (χ1v) is 10.1. The van der Waals surface area contributed by atoms with Gasteiger partial charge in [0.05, 0.1) is 11.6 Å². The molecule has 3 rings (SSSR count). The van der Waals surface area contributed by atoms with Crippen molar-refractivity contribution >= 4 is 35.1 Å². The molecule has 0 saturated carbocycles. The van der Waals surface area contributed by atoms with E-state index in [1.54, 1.807) is 48.7 Å². The molecular weight excluding hydrogens is 396 g/mol. The van der Waals surface area contributed by atoms with E-state index in [9.17, 15) is 9.59 Å². The number of allylic oxidation sites excluding steroid dienone is 1. The summed E-state index contributed by atoms with van der Waals surface area (Å²) >= 11 is 5.97. The lowest BCUT2D eigenvalue weighted by Crippen LogP contribution is -2.25. The van der Waals surface area contributed by atoms with Gasteiger partial charge in [-0.25, -0.2) is 0 Å². The summed E-state index contributed by atoms with van der Waals surface area (Å²) in [4.78, 5) is 29.4. The Balaban J connectivity index is 1.68. The molecule has 0 aliphatic carbocycles. The molecule has 0 spiro atoms. The van der Waals surface area contributed by atoms with Crippen LogP contribution in [0.3, 0.4) is 0 Å². The number of carbonyl (C=O) groups excluding carboxylic acids is 2. The minimum absolute atomic E-state index is 0.0959. The summed E-state index contributed by atoms with van der Waals surface area (Å²) < 4.78 is 0. The fourth-order valence-corrected chi connectivity index (χ4v) is 3.30. The highest BCUT2D eigenvalue weighted by molar-refractivity contribution is 6.30. The molecule has 1 aromatic heterocycles. The van der Waals surface area contributed by atoms with Crippen LogP contribution in [0.4, 0.5) is 5.69 Å². The molecule has 1 heterocycles. The average Bonchev–Trinajstić information content (AvgIpc) is 2.74. The highest BCUT2D eigenvalue weighted by Gasteiger charge is 2.24. The molecule has 1 atom stereocenters. The highest BCUT2D eigenvalue weighted by Crippen LogP contribution is 2.27. The third kappa shape index (κ3) is 5.65. The van der Waals surface area contributed by atoms with Crippen molar-refractivity contribution in [3.05, 3.63) is 101 Å². The van der Waals surface area contributed by atoms with Gasteiger partial charge in [-0.15, -0.1) is 0 Å². The van der Waals surface area contributed by atoms with Crippen molar-refractivity contribution in [1.82, 2.24) is 4.98 Å². The molecule has 0 unspecified atom stereocenters. The average molecular weight is 419 g/mol. The number of hydrogen-bond acceptors (Lipinski definition) is 3. The van der Waals surface area contributed by atoms with E-state index in [-0.39, 0.29) is 23.5 Å². The van der Waals surface area contributed by atoms with E-state index in [0.717, 1.165) is 11.3 Å². The van der Waals surface area contributed by atoms with Gasteiger partial charge in [0.15, 0.2) is 5.78 Å². The third-order valence-electron chi connectivity index (χ3n) is 4.71. The first-order valence-electron chi connectivity index (χ1n) is 9.74. The van der Waals surface area contributed by atoms with Crippen LogP contribution in [0.25, 0.3) is 6.08 Å². The lowest BCUT2D eigenvalue weighted by Gasteiger charge is -2.21. The fraction of sp³-hybridized carbons (Fsp3) is 0.160. The summed E-state index contributed by atoms with van der Waals surface area (Å²) in [5.41, 5.74) is 2.82. The van der Waals surface area contributed by atoms with Crippen LogP contribution in [-0.2, 0) is 4.79 Å². The summed E-state index contributed by atoms with van der Waals surface area (Å²) in [6.07, 6.45) is 4.85. The second-order valence-corrected chi connectivity index (χ2v) is 7.73. The smallest absolute Gasteiger partial charge is 0.232 e. The topological polar surface area (TPSA) is 59.1 Å². The van der Waals surface area contributed by atoms with Crippen molar-refractivity contribution in [3.8, 4) is 0 Å². The number of nitrogens with zero attached hydrogens (tertiary/aromatic N) is 1. The molecular formula is C25H23ClN2O2. The minimum atomic E-state index is -0.301. The van der Waals surface area contributed by atoms with Gasteiger partial charge in [-0.2, -0.15) is 0 Å². The maximum Gasteiger partial charge on any atom is 0.232 e. The number of nitrogens with one attached hydrogen (secondary N) is 1. The molecule has 2 aromatic carbocycles. The fourth-order valence-electron chi connectivity index (χ4n) is 3.18. The van der Waals surface area contributed by atoms with Crippen LogP contribution in [0.5, 0.6) is 0 Å². The Morgan fingerprint density at radius 3 is 2.27 bits per heavy atom. The molecule has 152 valence electrons.